The summed E-state index contributed by atoms with van der Waals surface area (Å²) in [7, 11) is 0. The Morgan fingerprint density at radius 2 is 1.89 bits per heavy atom. The first kappa shape index (κ1) is 12.4. The predicted octanol–water partition coefficient (Wildman–Crippen LogP) is 4.30. The molecule has 0 aliphatic carbocycles. The lowest BCUT2D eigenvalue weighted by Gasteiger charge is -2.08. The maximum absolute atomic E-state index is 13.6. The highest BCUT2D eigenvalue weighted by molar-refractivity contribution is 6.30. The summed E-state index contributed by atoms with van der Waals surface area (Å²) in [6, 6.07) is 13.3. The van der Waals surface area contributed by atoms with Crippen molar-refractivity contribution in [3.63, 3.8) is 0 Å². The summed E-state index contributed by atoms with van der Waals surface area (Å²) in [5.74, 6) is -0.375. The third kappa shape index (κ3) is 2.99. The minimum Gasteiger partial charge on any atom is -0.353 e. The van der Waals surface area contributed by atoms with Crippen LogP contribution in [-0.4, -0.2) is 0 Å². The van der Waals surface area contributed by atoms with Gasteiger partial charge in [-0.2, -0.15) is 5.26 Å². The smallest absolute Gasteiger partial charge is 0.146 e. The number of nitrogens with one attached hydrogen (secondary N) is 1. The maximum Gasteiger partial charge on any atom is 0.146 e. The number of halogens is 2. The SMILES string of the molecule is N#C[CH]c1ccc(F)c(Nc2ccc(Cl)cc2)c1. The van der Waals surface area contributed by atoms with Gasteiger partial charge >= 0.3 is 0 Å². The second kappa shape index (κ2) is 5.52. The Morgan fingerprint density at radius 1 is 1.17 bits per heavy atom. The van der Waals surface area contributed by atoms with Gasteiger partial charge in [-0.25, -0.2) is 4.39 Å². The zero-order chi connectivity index (χ0) is 13.0. The Morgan fingerprint density at radius 3 is 2.56 bits per heavy atom. The van der Waals surface area contributed by atoms with Crippen LogP contribution in [0.25, 0.3) is 0 Å². The molecule has 1 N–H and O–H groups in total. The summed E-state index contributed by atoms with van der Waals surface area (Å²) in [6.45, 7) is 0. The van der Waals surface area contributed by atoms with Crippen molar-refractivity contribution < 1.29 is 4.39 Å². The van der Waals surface area contributed by atoms with Crippen molar-refractivity contribution in [3.05, 3.63) is 65.3 Å². The molecule has 1 radical (unpaired) electrons. The van der Waals surface area contributed by atoms with Crippen molar-refractivity contribution in [1.29, 1.82) is 5.26 Å². The van der Waals surface area contributed by atoms with Gasteiger partial charge in [-0.05, 0) is 42.0 Å². The number of nitrogens with zero attached hydrogens (tertiary/aromatic N) is 1. The molecule has 0 saturated heterocycles. The summed E-state index contributed by atoms with van der Waals surface area (Å²) >= 11 is 5.77. The minimum absolute atomic E-state index is 0.321. The highest BCUT2D eigenvalue weighted by Crippen LogP contribution is 2.23. The van der Waals surface area contributed by atoms with Gasteiger partial charge in [0.25, 0.3) is 0 Å². The molecular weight excluding hydrogens is 251 g/mol. The molecule has 0 spiro atoms. The van der Waals surface area contributed by atoms with Crippen molar-refractivity contribution in [1.82, 2.24) is 0 Å². The van der Waals surface area contributed by atoms with Gasteiger partial charge < -0.3 is 5.32 Å². The molecule has 0 unspecified atom stereocenters. The molecule has 0 aromatic heterocycles. The largest absolute Gasteiger partial charge is 0.353 e. The lowest BCUT2D eigenvalue weighted by atomic mass is 10.1. The fourth-order valence-corrected chi connectivity index (χ4v) is 1.62. The quantitative estimate of drug-likeness (QED) is 0.892. The molecule has 0 bridgehead atoms. The zero-order valence-electron chi connectivity index (χ0n) is 9.32. The molecule has 0 heterocycles. The van der Waals surface area contributed by atoms with Crippen molar-refractivity contribution in [3.8, 4) is 6.07 Å². The third-order valence-corrected chi connectivity index (χ3v) is 2.60. The van der Waals surface area contributed by atoms with E-state index in [-0.39, 0.29) is 5.82 Å². The number of nitriles is 1. The van der Waals surface area contributed by atoms with Crippen LogP contribution in [0.4, 0.5) is 15.8 Å². The molecule has 0 saturated carbocycles. The van der Waals surface area contributed by atoms with E-state index in [2.05, 4.69) is 5.32 Å². The fourth-order valence-electron chi connectivity index (χ4n) is 1.49. The first-order valence-corrected chi connectivity index (χ1v) is 5.62. The van der Waals surface area contributed by atoms with Crippen LogP contribution < -0.4 is 5.32 Å². The average Bonchev–Trinajstić information content (AvgIpc) is 2.36. The van der Waals surface area contributed by atoms with Crippen LogP contribution in [0.5, 0.6) is 0 Å². The molecule has 0 aliphatic rings. The van der Waals surface area contributed by atoms with E-state index in [9.17, 15) is 4.39 Å². The van der Waals surface area contributed by atoms with Gasteiger partial charge in [-0.3, -0.25) is 0 Å². The van der Waals surface area contributed by atoms with Crippen LogP contribution in [0.1, 0.15) is 5.56 Å². The molecule has 4 heteroatoms. The number of hydrogen-bond acceptors (Lipinski definition) is 2. The van der Waals surface area contributed by atoms with Gasteiger partial charge in [0.1, 0.15) is 5.82 Å². The minimum atomic E-state index is -0.375. The monoisotopic (exact) mass is 259 g/mol. The van der Waals surface area contributed by atoms with E-state index >= 15 is 0 Å². The number of hydrogen-bond donors (Lipinski definition) is 1. The molecule has 0 aliphatic heterocycles. The first-order valence-electron chi connectivity index (χ1n) is 5.24. The molecule has 0 amide bonds. The summed E-state index contributed by atoms with van der Waals surface area (Å²) in [6.07, 6.45) is 1.35. The topological polar surface area (TPSA) is 35.8 Å². The number of benzene rings is 2. The molecule has 2 aromatic rings. The van der Waals surface area contributed by atoms with E-state index in [1.54, 1.807) is 36.4 Å². The molecule has 2 nitrogen and oxygen atoms in total. The Balaban J connectivity index is 2.25. The summed E-state index contributed by atoms with van der Waals surface area (Å²) in [5, 5.41) is 12.1. The summed E-state index contributed by atoms with van der Waals surface area (Å²) in [4.78, 5) is 0. The van der Waals surface area contributed by atoms with Crippen LogP contribution in [0.2, 0.25) is 5.02 Å². The van der Waals surface area contributed by atoms with Crippen molar-refractivity contribution in [2.75, 3.05) is 5.32 Å². The molecule has 2 rings (SSSR count). The number of rotatable bonds is 3. The van der Waals surface area contributed by atoms with E-state index in [0.29, 0.717) is 16.3 Å². The van der Waals surface area contributed by atoms with E-state index in [1.807, 2.05) is 6.07 Å². The van der Waals surface area contributed by atoms with Gasteiger partial charge in [-0.15, -0.1) is 0 Å². The Bertz CT molecular complexity index is 588. The molecule has 0 atom stereocenters. The molecule has 2 aromatic carbocycles. The van der Waals surface area contributed by atoms with Gasteiger partial charge in [0.05, 0.1) is 18.2 Å². The number of anilines is 2. The Labute approximate surface area is 110 Å². The Hall–Kier alpha value is -2.05. The molecule has 18 heavy (non-hydrogen) atoms. The standard InChI is InChI=1S/C14H9ClFN2/c15-11-2-4-12(5-3-11)18-14-9-10(7-8-17)1-6-13(14)16/h1-7,9,18H. The van der Waals surface area contributed by atoms with Crippen LogP contribution in [0.3, 0.4) is 0 Å². The molecule has 89 valence electrons. The van der Waals surface area contributed by atoms with Crippen LogP contribution in [0.15, 0.2) is 42.5 Å². The average molecular weight is 260 g/mol. The van der Waals surface area contributed by atoms with E-state index < -0.39 is 0 Å². The summed E-state index contributed by atoms with van der Waals surface area (Å²) in [5.41, 5.74) is 1.70. The van der Waals surface area contributed by atoms with Gasteiger partial charge in [0, 0.05) is 10.7 Å². The van der Waals surface area contributed by atoms with Gasteiger partial charge in [-0.1, -0.05) is 17.7 Å². The first-order chi connectivity index (χ1) is 8.69. The Kier molecular flexibility index (Phi) is 3.81. The van der Waals surface area contributed by atoms with E-state index in [1.165, 1.54) is 12.5 Å². The van der Waals surface area contributed by atoms with Crippen molar-refractivity contribution >= 4 is 23.0 Å². The van der Waals surface area contributed by atoms with Crippen LogP contribution in [0, 0.1) is 23.6 Å². The highest BCUT2D eigenvalue weighted by atomic mass is 35.5. The zero-order valence-corrected chi connectivity index (χ0v) is 10.1. The lowest BCUT2D eigenvalue weighted by molar-refractivity contribution is 0.631. The van der Waals surface area contributed by atoms with E-state index in [0.717, 1.165) is 5.69 Å². The van der Waals surface area contributed by atoms with Gasteiger partial charge in [0.2, 0.25) is 0 Å². The van der Waals surface area contributed by atoms with Gasteiger partial charge in [0.15, 0.2) is 0 Å². The maximum atomic E-state index is 13.6. The lowest BCUT2D eigenvalue weighted by Crippen LogP contribution is -1.94. The normalized spacial score (nSPS) is 9.83. The van der Waals surface area contributed by atoms with E-state index in [4.69, 9.17) is 16.9 Å². The second-order valence-corrected chi connectivity index (χ2v) is 4.08. The molecule has 0 fully saturated rings. The van der Waals surface area contributed by atoms with Crippen molar-refractivity contribution in [2.24, 2.45) is 0 Å². The van der Waals surface area contributed by atoms with Crippen LogP contribution >= 0.6 is 11.6 Å². The predicted molar refractivity (Wildman–Crippen MR) is 70.1 cm³/mol. The van der Waals surface area contributed by atoms with Crippen LogP contribution in [-0.2, 0) is 0 Å². The van der Waals surface area contributed by atoms with Crippen molar-refractivity contribution in [2.45, 2.75) is 0 Å². The summed E-state index contributed by atoms with van der Waals surface area (Å²) < 4.78 is 13.6. The fraction of sp³-hybridized carbons (Fsp3) is 0. The molecular formula is C14H9ClFN2. The second-order valence-electron chi connectivity index (χ2n) is 3.64. The third-order valence-electron chi connectivity index (χ3n) is 2.34. The highest BCUT2D eigenvalue weighted by Gasteiger charge is 2.04.